The molecule has 1 heterocycles. The number of nitrogens with zero attached hydrogens (tertiary/aromatic N) is 1. The third-order valence-electron chi connectivity index (χ3n) is 2.40. The molecule has 0 spiro atoms. The van der Waals surface area contributed by atoms with Gasteiger partial charge in [-0.2, -0.15) is 0 Å². The summed E-state index contributed by atoms with van der Waals surface area (Å²) >= 11 is 3.64. The molecule has 1 aromatic carbocycles. The summed E-state index contributed by atoms with van der Waals surface area (Å²) in [5, 5.41) is 0.602. The second-order valence-corrected chi connectivity index (χ2v) is 7.38. The van der Waals surface area contributed by atoms with Gasteiger partial charge in [0, 0.05) is 5.25 Å². The molecular formula is C13H17NS2. The SMILES string of the molecule is CC(C)Sc1nc2cc(C(C)C)ccc2s1. The lowest BCUT2D eigenvalue weighted by Crippen LogP contribution is -1.86. The van der Waals surface area contributed by atoms with Crippen LogP contribution in [0.25, 0.3) is 10.2 Å². The molecule has 0 N–H and O–H groups in total. The van der Waals surface area contributed by atoms with Crippen LogP contribution in [-0.4, -0.2) is 10.2 Å². The zero-order chi connectivity index (χ0) is 11.7. The van der Waals surface area contributed by atoms with Crippen LogP contribution in [0, 0.1) is 0 Å². The Labute approximate surface area is 105 Å². The molecule has 1 nitrogen and oxygen atoms in total. The average Bonchev–Trinajstić information content (AvgIpc) is 2.56. The monoisotopic (exact) mass is 251 g/mol. The van der Waals surface area contributed by atoms with Crippen molar-refractivity contribution in [3.05, 3.63) is 23.8 Å². The Kier molecular flexibility index (Phi) is 3.55. The van der Waals surface area contributed by atoms with E-state index in [1.807, 2.05) is 11.8 Å². The molecule has 3 heteroatoms. The summed E-state index contributed by atoms with van der Waals surface area (Å²) in [6.45, 7) is 8.85. The van der Waals surface area contributed by atoms with Gasteiger partial charge in [-0.15, -0.1) is 11.3 Å². The van der Waals surface area contributed by atoms with E-state index in [9.17, 15) is 0 Å². The van der Waals surface area contributed by atoms with Gasteiger partial charge in [-0.1, -0.05) is 45.5 Å². The zero-order valence-corrected chi connectivity index (χ0v) is 11.8. The van der Waals surface area contributed by atoms with Gasteiger partial charge in [0.2, 0.25) is 0 Å². The van der Waals surface area contributed by atoms with Crippen molar-refractivity contribution >= 4 is 33.3 Å². The average molecular weight is 251 g/mol. The fourth-order valence-corrected chi connectivity index (χ4v) is 3.81. The molecule has 0 aliphatic carbocycles. The highest BCUT2D eigenvalue weighted by Gasteiger charge is 2.08. The minimum atomic E-state index is 0.576. The van der Waals surface area contributed by atoms with Gasteiger partial charge in [0.05, 0.1) is 10.2 Å². The van der Waals surface area contributed by atoms with Crippen molar-refractivity contribution in [3.63, 3.8) is 0 Å². The van der Waals surface area contributed by atoms with Crippen LogP contribution < -0.4 is 0 Å². The number of thiazole rings is 1. The molecule has 86 valence electrons. The molecule has 0 amide bonds. The first-order chi connectivity index (χ1) is 7.56. The molecule has 0 bridgehead atoms. The van der Waals surface area contributed by atoms with E-state index in [1.165, 1.54) is 14.6 Å². The summed E-state index contributed by atoms with van der Waals surface area (Å²) in [6, 6.07) is 6.64. The summed E-state index contributed by atoms with van der Waals surface area (Å²) < 4.78 is 2.48. The molecule has 0 fully saturated rings. The van der Waals surface area contributed by atoms with Gasteiger partial charge < -0.3 is 0 Å². The van der Waals surface area contributed by atoms with Crippen LogP contribution in [-0.2, 0) is 0 Å². The number of rotatable bonds is 3. The zero-order valence-electron chi connectivity index (χ0n) is 10.2. The maximum absolute atomic E-state index is 4.68. The second kappa shape index (κ2) is 4.76. The highest BCUT2D eigenvalue weighted by atomic mass is 32.2. The number of aromatic nitrogens is 1. The van der Waals surface area contributed by atoms with Crippen molar-refractivity contribution in [3.8, 4) is 0 Å². The summed E-state index contributed by atoms with van der Waals surface area (Å²) in [7, 11) is 0. The summed E-state index contributed by atoms with van der Waals surface area (Å²) in [5.74, 6) is 0.576. The summed E-state index contributed by atoms with van der Waals surface area (Å²) in [5.41, 5.74) is 2.53. The number of hydrogen-bond acceptors (Lipinski definition) is 3. The van der Waals surface area contributed by atoms with E-state index in [0.29, 0.717) is 11.2 Å². The molecule has 2 aromatic rings. The lowest BCUT2D eigenvalue weighted by Gasteiger charge is -2.03. The van der Waals surface area contributed by atoms with Crippen molar-refractivity contribution in [1.82, 2.24) is 4.98 Å². The Morgan fingerprint density at radius 3 is 2.56 bits per heavy atom. The van der Waals surface area contributed by atoms with E-state index in [-0.39, 0.29) is 0 Å². The molecule has 16 heavy (non-hydrogen) atoms. The molecule has 0 atom stereocenters. The highest BCUT2D eigenvalue weighted by Crippen LogP contribution is 2.33. The van der Waals surface area contributed by atoms with Crippen LogP contribution in [0.2, 0.25) is 0 Å². The molecule has 0 saturated heterocycles. The van der Waals surface area contributed by atoms with Crippen molar-refractivity contribution in [1.29, 1.82) is 0 Å². The Morgan fingerprint density at radius 1 is 1.19 bits per heavy atom. The molecule has 0 radical (unpaired) electrons. The van der Waals surface area contributed by atoms with Crippen LogP contribution in [0.5, 0.6) is 0 Å². The van der Waals surface area contributed by atoms with E-state index < -0.39 is 0 Å². The van der Waals surface area contributed by atoms with Crippen molar-refractivity contribution in [2.45, 2.75) is 43.2 Å². The standard InChI is InChI=1S/C13H17NS2/c1-8(2)10-5-6-12-11(7-10)14-13(16-12)15-9(3)4/h5-9H,1-4H3. The molecule has 0 saturated carbocycles. The third kappa shape index (κ3) is 2.58. The van der Waals surface area contributed by atoms with E-state index in [1.54, 1.807) is 11.3 Å². The largest absolute Gasteiger partial charge is 0.230 e. The Bertz CT molecular complexity index is 486. The van der Waals surface area contributed by atoms with Gasteiger partial charge in [0.1, 0.15) is 0 Å². The smallest absolute Gasteiger partial charge is 0.151 e. The summed E-state index contributed by atoms with van der Waals surface area (Å²) in [6.07, 6.45) is 0. The van der Waals surface area contributed by atoms with Gasteiger partial charge in [-0.3, -0.25) is 0 Å². The Hall–Kier alpha value is -0.540. The molecular weight excluding hydrogens is 234 g/mol. The maximum atomic E-state index is 4.68. The molecule has 0 aliphatic rings. The van der Waals surface area contributed by atoms with Gasteiger partial charge in [-0.05, 0) is 23.6 Å². The Balaban J connectivity index is 2.38. The third-order valence-corrected chi connectivity index (χ3v) is 4.53. The molecule has 0 unspecified atom stereocenters. The van der Waals surface area contributed by atoms with Crippen molar-refractivity contribution in [2.75, 3.05) is 0 Å². The summed E-state index contributed by atoms with van der Waals surface area (Å²) in [4.78, 5) is 4.68. The van der Waals surface area contributed by atoms with Gasteiger partial charge >= 0.3 is 0 Å². The maximum Gasteiger partial charge on any atom is 0.151 e. The number of thioether (sulfide) groups is 1. The van der Waals surface area contributed by atoms with Gasteiger partial charge in [0.15, 0.2) is 4.34 Å². The quantitative estimate of drug-likeness (QED) is 0.718. The van der Waals surface area contributed by atoms with Crippen LogP contribution in [0.1, 0.15) is 39.2 Å². The van der Waals surface area contributed by atoms with Crippen LogP contribution in [0.3, 0.4) is 0 Å². The van der Waals surface area contributed by atoms with E-state index in [0.717, 1.165) is 5.52 Å². The van der Waals surface area contributed by atoms with E-state index >= 15 is 0 Å². The molecule has 0 aliphatic heterocycles. The number of benzene rings is 1. The minimum Gasteiger partial charge on any atom is -0.230 e. The van der Waals surface area contributed by atoms with Crippen molar-refractivity contribution in [2.24, 2.45) is 0 Å². The van der Waals surface area contributed by atoms with E-state index in [4.69, 9.17) is 0 Å². The highest BCUT2D eigenvalue weighted by molar-refractivity contribution is 8.01. The first kappa shape index (κ1) is 11.9. The first-order valence-corrected chi connectivity index (χ1v) is 7.33. The fourth-order valence-electron chi connectivity index (χ4n) is 1.53. The first-order valence-electron chi connectivity index (χ1n) is 5.63. The predicted octanol–water partition coefficient (Wildman–Crippen LogP) is 4.92. The van der Waals surface area contributed by atoms with Crippen LogP contribution in [0.15, 0.2) is 22.5 Å². The molecule has 2 rings (SSSR count). The topological polar surface area (TPSA) is 12.9 Å². The predicted molar refractivity (Wildman–Crippen MR) is 74.7 cm³/mol. The van der Waals surface area contributed by atoms with Crippen LogP contribution in [0.4, 0.5) is 0 Å². The van der Waals surface area contributed by atoms with Gasteiger partial charge in [0.25, 0.3) is 0 Å². The Morgan fingerprint density at radius 2 is 1.94 bits per heavy atom. The number of hydrogen-bond donors (Lipinski definition) is 0. The second-order valence-electron chi connectivity index (χ2n) is 4.53. The lowest BCUT2D eigenvalue weighted by molar-refractivity contribution is 0.868. The van der Waals surface area contributed by atoms with Crippen LogP contribution >= 0.6 is 23.1 Å². The van der Waals surface area contributed by atoms with Crippen molar-refractivity contribution < 1.29 is 0 Å². The van der Waals surface area contributed by atoms with E-state index in [2.05, 4.69) is 50.9 Å². The van der Waals surface area contributed by atoms with Gasteiger partial charge in [-0.25, -0.2) is 4.98 Å². The normalized spacial score (nSPS) is 11.9. The molecule has 1 aromatic heterocycles. The lowest BCUT2D eigenvalue weighted by atomic mass is 10.0. The number of fused-ring (bicyclic) bond motifs is 1. The minimum absolute atomic E-state index is 0.576. The fraction of sp³-hybridized carbons (Fsp3) is 0.462.